The number of fused-ring (bicyclic) bond motifs is 1. The number of nitrogens with one attached hydrogen (secondary N) is 1. The zero-order valence-corrected chi connectivity index (χ0v) is 17.3. The van der Waals surface area contributed by atoms with Crippen LogP contribution in [0.4, 0.5) is 0 Å². The van der Waals surface area contributed by atoms with Crippen LogP contribution >= 0.6 is 11.6 Å². The van der Waals surface area contributed by atoms with E-state index >= 15 is 0 Å². The lowest BCUT2D eigenvalue weighted by atomic mass is 9.98. The minimum atomic E-state index is -3.68. The zero-order valence-electron chi connectivity index (χ0n) is 15.7. The quantitative estimate of drug-likeness (QED) is 0.747. The van der Waals surface area contributed by atoms with Crippen LogP contribution in [0.25, 0.3) is 6.08 Å². The number of hydrogen-bond donors (Lipinski definition) is 1. The fraction of sp³-hybridized carbons (Fsp3) is 0.286. The first-order valence-corrected chi connectivity index (χ1v) is 11.0. The molecule has 3 rings (SSSR count). The number of carbonyl (C=O) groups excluding carboxylic acids is 1. The Hall–Kier alpha value is -2.15. The summed E-state index contributed by atoms with van der Waals surface area (Å²) in [4.78, 5) is 12.7. The summed E-state index contributed by atoms with van der Waals surface area (Å²) in [5, 5.41) is 3.39. The van der Waals surface area contributed by atoms with Gasteiger partial charge in [0.05, 0.1) is 11.4 Å². The maximum atomic E-state index is 13.0. The lowest BCUT2D eigenvalue weighted by Gasteiger charge is -2.24. The summed E-state index contributed by atoms with van der Waals surface area (Å²) in [5.41, 5.74) is 2.97. The highest BCUT2D eigenvalue weighted by molar-refractivity contribution is 7.93. The summed E-state index contributed by atoms with van der Waals surface area (Å²) in [6, 6.07) is 14.9. The Morgan fingerprint density at radius 2 is 1.82 bits per heavy atom. The van der Waals surface area contributed by atoms with Gasteiger partial charge in [0.15, 0.2) is 0 Å². The van der Waals surface area contributed by atoms with Crippen molar-refractivity contribution in [1.82, 2.24) is 9.62 Å². The molecule has 1 amide bonds. The van der Waals surface area contributed by atoms with Crippen LogP contribution in [0.5, 0.6) is 0 Å². The molecule has 1 N–H and O–H groups in total. The highest BCUT2D eigenvalue weighted by atomic mass is 35.5. The molecular formula is C21H23ClN2O3S. The van der Waals surface area contributed by atoms with E-state index in [0.717, 1.165) is 16.7 Å². The topological polar surface area (TPSA) is 66.5 Å². The van der Waals surface area contributed by atoms with E-state index in [1.54, 1.807) is 25.1 Å². The fourth-order valence-electron chi connectivity index (χ4n) is 3.16. The van der Waals surface area contributed by atoms with E-state index in [0.29, 0.717) is 29.3 Å². The van der Waals surface area contributed by atoms with Crippen molar-refractivity contribution in [3.63, 3.8) is 0 Å². The van der Waals surface area contributed by atoms with Gasteiger partial charge >= 0.3 is 0 Å². The number of likely N-dealkylation sites (N-methyl/N-ethyl adjacent to an activating group) is 1. The third-order valence-electron chi connectivity index (χ3n) is 4.76. The van der Waals surface area contributed by atoms with Crippen molar-refractivity contribution in [2.75, 3.05) is 13.1 Å². The second-order valence-electron chi connectivity index (χ2n) is 6.64. The number of nitrogens with zero attached hydrogens (tertiary/aromatic N) is 1. The Kier molecular flexibility index (Phi) is 6.54. The standard InChI is InChI=1S/C21H23ClN2O3S/c1-2-24(15-21(25)23-14-16-7-10-19(22)11-8-16)28(26,27)20-12-9-17-5-3-4-6-18(17)13-20/h3-8,10-11,13H,2,9,12,14-15H2,1H3,(H,23,25). The third-order valence-corrected chi connectivity index (χ3v) is 7.06. The Labute approximate surface area is 171 Å². The number of carbonyl (C=O) groups is 1. The summed E-state index contributed by atoms with van der Waals surface area (Å²) < 4.78 is 27.3. The zero-order chi connectivity index (χ0) is 20.1. The molecule has 1 aliphatic rings. The fourth-order valence-corrected chi connectivity index (χ4v) is 4.88. The predicted molar refractivity (Wildman–Crippen MR) is 112 cm³/mol. The number of sulfonamides is 1. The molecule has 7 heteroatoms. The number of rotatable bonds is 7. The van der Waals surface area contributed by atoms with E-state index in [9.17, 15) is 13.2 Å². The van der Waals surface area contributed by atoms with Gasteiger partial charge in [-0.1, -0.05) is 54.9 Å². The number of aryl methyl sites for hydroxylation is 1. The van der Waals surface area contributed by atoms with Gasteiger partial charge in [-0.25, -0.2) is 8.42 Å². The minimum absolute atomic E-state index is 0.203. The first-order valence-electron chi connectivity index (χ1n) is 9.20. The lowest BCUT2D eigenvalue weighted by molar-refractivity contribution is -0.121. The van der Waals surface area contributed by atoms with E-state index in [1.165, 1.54) is 4.31 Å². The maximum Gasteiger partial charge on any atom is 0.239 e. The maximum absolute atomic E-state index is 13.0. The number of hydrogen-bond acceptors (Lipinski definition) is 3. The Morgan fingerprint density at radius 1 is 1.11 bits per heavy atom. The molecule has 0 saturated carbocycles. The van der Waals surface area contributed by atoms with Crippen LogP contribution in [0.2, 0.25) is 5.02 Å². The number of amides is 1. The molecule has 0 aromatic heterocycles. The Morgan fingerprint density at radius 3 is 2.54 bits per heavy atom. The van der Waals surface area contributed by atoms with Gasteiger partial charge < -0.3 is 5.32 Å². The first-order chi connectivity index (χ1) is 13.4. The lowest BCUT2D eigenvalue weighted by Crippen LogP contribution is -2.41. The number of halogens is 1. The van der Waals surface area contributed by atoms with E-state index in [2.05, 4.69) is 5.32 Å². The summed E-state index contributed by atoms with van der Waals surface area (Å²) >= 11 is 5.85. The molecule has 2 aromatic carbocycles. The minimum Gasteiger partial charge on any atom is -0.351 e. The normalized spacial score (nSPS) is 13.8. The summed E-state index contributed by atoms with van der Waals surface area (Å²) in [6.07, 6.45) is 2.85. The molecule has 28 heavy (non-hydrogen) atoms. The van der Waals surface area contributed by atoms with E-state index < -0.39 is 10.0 Å². The van der Waals surface area contributed by atoms with Gasteiger partial charge in [-0.05, 0) is 47.7 Å². The van der Waals surface area contributed by atoms with Gasteiger partial charge in [0, 0.05) is 18.1 Å². The molecule has 0 saturated heterocycles. The van der Waals surface area contributed by atoms with Crippen molar-refractivity contribution in [1.29, 1.82) is 0 Å². The van der Waals surface area contributed by atoms with Gasteiger partial charge in [-0.2, -0.15) is 4.31 Å². The molecule has 5 nitrogen and oxygen atoms in total. The molecule has 0 bridgehead atoms. The van der Waals surface area contributed by atoms with E-state index in [4.69, 9.17) is 11.6 Å². The van der Waals surface area contributed by atoms with Crippen LogP contribution in [0, 0.1) is 0 Å². The van der Waals surface area contributed by atoms with Crippen LogP contribution in [0.15, 0.2) is 53.4 Å². The van der Waals surface area contributed by atoms with Crippen molar-refractivity contribution in [3.05, 3.63) is 75.1 Å². The third kappa shape index (κ3) is 4.82. The number of allylic oxidation sites excluding steroid dienone is 1. The SMILES string of the molecule is CCN(CC(=O)NCc1ccc(Cl)cc1)S(=O)(=O)C1=Cc2ccccc2CC1. The molecule has 148 valence electrons. The van der Waals surface area contributed by atoms with E-state index in [-0.39, 0.29) is 19.0 Å². The van der Waals surface area contributed by atoms with Crippen molar-refractivity contribution in [3.8, 4) is 0 Å². The van der Waals surface area contributed by atoms with E-state index in [1.807, 2.05) is 36.4 Å². The number of benzene rings is 2. The van der Waals surface area contributed by atoms with Crippen LogP contribution in [0.1, 0.15) is 30.0 Å². The second kappa shape index (κ2) is 8.90. The molecule has 0 aliphatic heterocycles. The summed E-state index contributed by atoms with van der Waals surface area (Å²) in [5.74, 6) is -0.336. The molecule has 2 aromatic rings. The van der Waals surface area contributed by atoms with Gasteiger partial charge in [0.2, 0.25) is 15.9 Å². The van der Waals surface area contributed by atoms with Gasteiger partial charge in [-0.15, -0.1) is 0 Å². The van der Waals surface area contributed by atoms with Gasteiger partial charge in [0.25, 0.3) is 0 Å². The molecule has 0 radical (unpaired) electrons. The predicted octanol–water partition coefficient (Wildman–Crippen LogP) is 3.60. The monoisotopic (exact) mass is 418 g/mol. The molecule has 0 heterocycles. The van der Waals surface area contributed by atoms with Crippen LogP contribution in [0.3, 0.4) is 0 Å². The highest BCUT2D eigenvalue weighted by Crippen LogP contribution is 2.28. The van der Waals surface area contributed by atoms with Gasteiger partial charge in [0.1, 0.15) is 0 Å². The molecule has 0 atom stereocenters. The van der Waals surface area contributed by atoms with Crippen molar-refractivity contribution in [2.24, 2.45) is 0 Å². The average Bonchev–Trinajstić information content (AvgIpc) is 2.71. The largest absolute Gasteiger partial charge is 0.351 e. The molecule has 0 unspecified atom stereocenters. The smallest absolute Gasteiger partial charge is 0.239 e. The molecule has 0 fully saturated rings. The second-order valence-corrected chi connectivity index (χ2v) is 9.07. The van der Waals surface area contributed by atoms with Crippen molar-refractivity contribution in [2.45, 2.75) is 26.3 Å². The molecule has 0 spiro atoms. The summed E-state index contributed by atoms with van der Waals surface area (Å²) in [6.45, 7) is 2.09. The average molecular weight is 419 g/mol. The van der Waals surface area contributed by atoms with Crippen LogP contribution in [-0.4, -0.2) is 31.7 Å². The Balaban J connectivity index is 1.67. The summed E-state index contributed by atoms with van der Waals surface area (Å²) in [7, 11) is -3.68. The Bertz CT molecular complexity index is 985. The van der Waals surface area contributed by atoms with Gasteiger partial charge in [-0.3, -0.25) is 4.79 Å². The molecular weight excluding hydrogens is 396 g/mol. The van der Waals surface area contributed by atoms with Crippen molar-refractivity contribution < 1.29 is 13.2 Å². The highest BCUT2D eigenvalue weighted by Gasteiger charge is 2.29. The van der Waals surface area contributed by atoms with Crippen LogP contribution < -0.4 is 5.32 Å². The molecule has 1 aliphatic carbocycles. The van der Waals surface area contributed by atoms with Crippen molar-refractivity contribution >= 4 is 33.6 Å². The first kappa shape index (κ1) is 20.6. The van der Waals surface area contributed by atoms with Crippen LogP contribution in [-0.2, 0) is 27.8 Å².